The van der Waals surface area contributed by atoms with Gasteiger partial charge >= 0.3 is 0 Å². The van der Waals surface area contributed by atoms with E-state index in [-0.39, 0.29) is 18.3 Å². The monoisotopic (exact) mass is 288 g/mol. The van der Waals surface area contributed by atoms with Crippen LogP contribution in [-0.4, -0.2) is 18.0 Å². The molecule has 2 fully saturated rings. The van der Waals surface area contributed by atoms with Gasteiger partial charge in [-0.3, -0.25) is 4.79 Å². The van der Waals surface area contributed by atoms with Gasteiger partial charge in [0, 0.05) is 6.54 Å². The molecule has 2 saturated carbocycles. The van der Waals surface area contributed by atoms with Crippen LogP contribution in [0.2, 0.25) is 0 Å². The van der Waals surface area contributed by atoms with Gasteiger partial charge in [0.1, 0.15) is 0 Å². The third-order valence-corrected chi connectivity index (χ3v) is 5.24. The number of carbonyl (C=O) groups excluding carboxylic acids is 1. The van der Waals surface area contributed by atoms with Crippen LogP contribution >= 0.6 is 12.4 Å². The van der Waals surface area contributed by atoms with E-state index in [1.54, 1.807) is 0 Å². The van der Waals surface area contributed by atoms with E-state index >= 15 is 0 Å². The van der Waals surface area contributed by atoms with Crippen LogP contribution in [0.15, 0.2) is 0 Å². The van der Waals surface area contributed by atoms with Gasteiger partial charge < -0.3 is 11.1 Å². The van der Waals surface area contributed by atoms with Gasteiger partial charge in [0.2, 0.25) is 5.91 Å². The quantitative estimate of drug-likeness (QED) is 0.835. The Labute approximate surface area is 123 Å². The maximum Gasteiger partial charge on any atom is 0.240 e. The van der Waals surface area contributed by atoms with Crippen molar-refractivity contribution in [3.63, 3.8) is 0 Å². The SMILES string of the molecule is CCC1(CNC(=O)C2(N)CCCCC2)CCCC1.Cl. The Morgan fingerprint density at radius 2 is 1.58 bits per heavy atom. The molecule has 0 aliphatic heterocycles. The van der Waals surface area contributed by atoms with E-state index in [0.717, 1.165) is 32.2 Å². The molecule has 4 heteroatoms. The van der Waals surface area contributed by atoms with E-state index in [4.69, 9.17) is 5.73 Å². The third kappa shape index (κ3) is 3.85. The van der Waals surface area contributed by atoms with Crippen LogP contribution in [0.4, 0.5) is 0 Å². The molecular formula is C15H29ClN2O. The van der Waals surface area contributed by atoms with E-state index in [1.807, 2.05) is 0 Å². The molecule has 1 amide bonds. The van der Waals surface area contributed by atoms with Gasteiger partial charge in [0.25, 0.3) is 0 Å². The molecular weight excluding hydrogens is 260 g/mol. The number of hydrogen-bond donors (Lipinski definition) is 2. The molecule has 2 aliphatic carbocycles. The Hall–Kier alpha value is -0.280. The summed E-state index contributed by atoms with van der Waals surface area (Å²) in [5.41, 5.74) is 6.04. The first-order valence-corrected chi connectivity index (χ1v) is 7.67. The number of rotatable bonds is 4. The van der Waals surface area contributed by atoms with Crippen molar-refractivity contribution >= 4 is 18.3 Å². The summed E-state index contributed by atoms with van der Waals surface area (Å²) in [4.78, 5) is 12.3. The van der Waals surface area contributed by atoms with E-state index in [1.165, 1.54) is 38.5 Å². The van der Waals surface area contributed by atoms with Crippen LogP contribution in [0.1, 0.15) is 71.1 Å². The normalized spacial score (nSPS) is 24.5. The molecule has 19 heavy (non-hydrogen) atoms. The molecule has 0 aromatic rings. The van der Waals surface area contributed by atoms with E-state index in [9.17, 15) is 4.79 Å². The Morgan fingerprint density at radius 1 is 1.05 bits per heavy atom. The third-order valence-electron chi connectivity index (χ3n) is 5.24. The van der Waals surface area contributed by atoms with Crippen molar-refractivity contribution in [2.24, 2.45) is 11.1 Å². The molecule has 0 saturated heterocycles. The maximum atomic E-state index is 12.3. The summed E-state index contributed by atoms with van der Waals surface area (Å²) in [5.74, 6) is 0.0990. The van der Waals surface area contributed by atoms with Gasteiger partial charge in [-0.15, -0.1) is 12.4 Å². The summed E-state index contributed by atoms with van der Waals surface area (Å²) in [6.45, 7) is 3.08. The number of nitrogens with one attached hydrogen (secondary N) is 1. The van der Waals surface area contributed by atoms with Gasteiger partial charge in [0.05, 0.1) is 5.54 Å². The minimum absolute atomic E-state index is 0. The summed E-state index contributed by atoms with van der Waals surface area (Å²) in [6, 6.07) is 0. The lowest BCUT2D eigenvalue weighted by Crippen LogP contribution is -2.56. The second-order valence-electron chi connectivity index (χ2n) is 6.46. The second-order valence-corrected chi connectivity index (χ2v) is 6.46. The van der Waals surface area contributed by atoms with Gasteiger partial charge in [0.15, 0.2) is 0 Å². The number of carbonyl (C=O) groups is 1. The number of halogens is 1. The first-order valence-electron chi connectivity index (χ1n) is 7.67. The topological polar surface area (TPSA) is 55.1 Å². The fraction of sp³-hybridized carbons (Fsp3) is 0.933. The van der Waals surface area contributed by atoms with Crippen molar-refractivity contribution < 1.29 is 4.79 Å². The Balaban J connectivity index is 0.00000180. The van der Waals surface area contributed by atoms with Crippen LogP contribution < -0.4 is 11.1 Å². The number of amides is 1. The standard InChI is InChI=1S/C15H28N2O.ClH/c1-2-14(8-6-7-9-14)12-17-13(18)15(16)10-4-3-5-11-15;/h2-12,16H2,1H3,(H,17,18);1H. The lowest BCUT2D eigenvalue weighted by Gasteiger charge is -2.34. The molecule has 0 aromatic carbocycles. The minimum atomic E-state index is -0.578. The van der Waals surface area contributed by atoms with Crippen LogP contribution in [-0.2, 0) is 4.79 Å². The molecule has 112 valence electrons. The molecule has 0 spiro atoms. The molecule has 0 unspecified atom stereocenters. The summed E-state index contributed by atoms with van der Waals surface area (Å²) in [6.07, 6.45) is 11.5. The average molecular weight is 289 g/mol. The zero-order valence-electron chi connectivity index (χ0n) is 12.2. The van der Waals surface area contributed by atoms with Crippen molar-refractivity contribution in [1.29, 1.82) is 0 Å². The van der Waals surface area contributed by atoms with Crippen LogP contribution in [0.3, 0.4) is 0 Å². The molecule has 2 aliphatic rings. The predicted octanol–water partition coefficient (Wildman–Crippen LogP) is 3.16. The van der Waals surface area contributed by atoms with Crippen LogP contribution in [0.25, 0.3) is 0 Å². The largest absolute Gasteiger partial charge is 0.354 e. The Kier molecular flexibility index (Phi) is 6.13. The molecule has 3 N–H and O–H groups in total. The zero-order valence-corrected chi connectivity index (χ0v) is 13.0. The first-order chi connectivity index (χ1) is 8.60. The molecule has 0 bridgehead atoms. The number of nitrogens with two attached hydrogens (primary N) is 1. The van der Waals surface area contributed by atoms with Crippen molar-refractivity contribution in [3.8, 4) is 0 Å². The molecule has 3 nitrogen and oxygen atoms in total. The summed E-state index contributed by atoms with van der Waals surface area (Å²) in [5, 5.41) is 3.16. The molecule has 2 rings (SSSR count). The van der Waals surface area contributed by atoms with Gasteiger partial charge in [-0.2, -0.15) is 0 Å². The van der Waals surface area contributed by atoms with Crippen molar-refractivity contribution in [2.75, 3.05) is 6.54 Å². The highest BCUT2D eigenvalue weighted by molar-refractivity contribution is 5.86. The molecule has 0 heterocycles. The zero-order chi connectivity index (χ0) is 13.1. The van der Waals surface area contributed by atoms with Crippen LogP contribution in [0.5, 0.6) is 0 Å². The summed E-state index contributed by atoms with van der Waals surface area (Å²) >= 11 is 0. The average Bonchev–Trinajstić information content (AvgIpc) is 2.86. The van der Waals surface area contributed by atoms with Crippen molar-refractivity contribution in [1.82, 2.24) is 5.32 Å². The van der Waals surface area contributed by atoms with Crippen molar-refractivity contribution in [2.45, 2.75) is 76.7 Å². The minimum Gasteiger partial charge on any atom is -0.354 e. The smallest absolute Gasteiger partial charge is 0.240 e. The summed E-state index contributed by atoms with van der Waals surface area (Å²) in [7, 11) is 0. The lowest BCUT2D eigenvalue weighted by molar-refractivity contribution is -0.128. The predicted molar refractivity (Wildman–Crippen MR) is 81.5 cm³/mol. The Bertz CT molecular complexity index is 295. The van der Waals surface area contributed by atoms with Crippen LogP contribution in [0, 0.1) is 5.41 Å². The fourth-order valence-corrected chi connectivity index (χ4v) is 3.63. The highest BCUT2D eigenvalue weighted by Gasteiger charge is 2.38. The highest BCUT2D eigenvalue weighted by Crippen LogP contribution is 2.40. The number of hydrogen-bond acceptors (Lipinski definition) is 2. The van der Waals surface area contributed by atoms with E-state index in [2.05, 4.69) is 12.2 Å². The van der Waals surface area contributed by atoms with E-state index < -0.39 is 5.54 Å². The molecule has 0 radical (unpaired) electrons. The Morgan fingerprint density at radius 3 is 2.11 bits per heavy atom. The molecule has 0 atom stereocenters. The van der Waals surface area contributed by atoms with Crippen molar-refractivity contribution in [3.05, 3.63) is 0 Å². The highest BCUT2D eigenvalue weighted by atomic mass is 35.5. The fourth-order valence-electron chi connectivity index (χ4n) is 3.63. The first kappa shape index (κ1) is 16.8. The van der Waals surface area contributed by atoms with Gasteiger partial charge in [-0.05, 0) is 37.5 Å². The second kappa shape index (κ2) is 6.94. The van der Waals surface area contributed by atoms with E-state index in [0.29, 0.717) is 5.41 Å². The summed E-state index contributed by atoms with van der Waals surface area (Å²) < 4.78 is 0. The van der Waals surface area contributed by atoms with Gasteiger partial charge in [-0.1, -0.05) is 39.0 Å². The molecule has 0 aromatic heterocycles. The van der Waals surface area contributed by atoms with Gasteiger partial charge in [-0.25, -0.2) is 0 Å². The maximum absolute atomic E-state index is 12.3. The lowest BCUT2D eigenvalue weighted by atomic mass is 9.80.